The number of furan rings is 1. The van der Waals surface area contributed by atoms with Crippen LogP contribution in [-0.4, -0.2) is 12.9 Å². The molecular weight excluding hydrogens is 216 g/mol. The Bertz CT molecular complexity index is 526. The minimum absolute atomic E-state index is 0.594. The topological polar surface area (TPSA) is 39.4 Å². The maximum absolute atomic E-state index is 11.0. The summed E-state index contributed by atoms with van der Waals surface area (Å²) in [5.41, 5.74) is 1.36. The zero-order valence-electron chi connectivity index (χ0n) is 9.90. The van der Waals surface area contributed by atoms with Crippen molar-refractivity contribution in [3.05, 3.63) is 41.7 Å². The van der Waals surface area contributed by atoms with Gasteiger partial charge in [0.25, 0.3) is 0 Å². The molecule has 0 radical (unpaired) electrons. The maximum atomic E-state index is 11.0. The lowest BCUT2D eigenvalue weighted by atomic mass is 10.1. The van der Waals surface area contributed by atoms with Gasteiger partial charge < -0.3 is 9.15 Å². The second-order valence-electron chi connectivity index (χ2n) is 3.71. The van der Waals surface area contributed by atoms with Crippen molar-refractivity contribution in [1.29, 1.82) is 0 Å². The van der Waals surface area contributed by atoms with Gasteiger partial charge in [-0.3, -0.25) is 4.79 Å². The molecule has 0 amide bonds. The van der Waals surface area contributed by atoms with Crippen molar-refractivity contribution in [2.75, 3.05) is 6.61 Å². The van der Waals surface area contributed by atoms with Gasteiger partial charge in [0, 0.05) is 11.1 Å². The van der Waals surface area contributed by atoms with E-state index in [-0.39, 0.29) is 0 Å². The van der Waals surface area contributed by atoms with Gasteiger partial charge in [-0.15, -0.1) is 0 Å². The minimum Gasteiger partial charge on any atom is -0.494 e. The summed E-state index contributed by atoms with van der Waals surface area (Å²) in [6.45, 7) is 4.39. The molecule has 0 aliphatic carbocycles. The van der Waals surface area contributed by atoms with Crippen LogP contribution in [0.2, 0.25) is 0 Å². The smallest absolute Gasteiger partial charge is 0.150 e. The Morgan fingerprint density at radius 3 is 2.71 bits per heavy atom. The molecule has 1 aromatic heterocycles. The van der Waals surface area contributed by atoms with Crippen LogP contribution in [0, 0.1) is 6.92 Å². The number of ether oxygens (including phenoxy) is 1. The molecule has 1 aromatic carbocycles. The van der Waals surface area contributed by atoms with Crippen molar-refractivity contribution < 1.29 is 13.9 Å². The van der Waals surface area contributed by atoms with Gasteiger partial charge in [0.15, 0.2) is 6.29 Å². The van der Waals surface area contributed by atoms with E-state index in [4.69, 9.17) is 9.15 Å². The lowest BCUT2D eigenvalue weighted by Gasteiger charge is -2.06. The third-order valence-corrected chi connectivity index (χ3v) is 2.47. The molecule has 2 rings (SSSR count). The zero-order chi connectivity index (χ0) is 12.3. The fourth-order valence-electron chi connectivity index (χ4n) is 1.69. The number of benzene rings is 1. The van der Waals surface area contributed by atoms with E-state index in [0.717, 1.165) is 23.4 Å². The lowest BCUT2D eigenvalue weighted by molar-refractivity contribution is 0.112. The minimum atomic E-state index is 0.594. The number of aldehydes is 1. The van der Waals surface area contributed by atoms with Crippen molar-refractivity contribution in [1.82, 2.24) is 0 Å². The van der Waals surface area contributed by atoms with Crippen LogP contribution in [0.15, 0.2) is 34.7 Å². The first-order valence-corrected chi connectivity index (χ1v) is 5.53. The molecule has 0 spiro atoms. The third kappa shape index (κ3) is 2.38. The SMILES string of the molecule is CCOc1ccc(C=O)c(-c2ccc(C)o2)c1. The summed E-state index contributed by atoms with van der Waals surface area (Å²) in [6, 6.07) is 9.08. The Hall–Kier alpha value is -2.03. The zero-order valence-corrected chi connectivity index (χ0v) is 9.90. The van der Waals surface area contributed by atoms with Gasteiger partial charge in [0.05, 0.1) is 6.61 Å². The van der Waals surface area contributed by atoms with E-state index >= 15 is 0 Å². The Kier molecular flexibility index (Phi) is 3.28. The van der Waals surface area contributed by atoms with Crippen LogP contribution in [0.1, 0.15) is 23.0 Å². The molecule has 3 heteroatoms. The van der Waals surface area contributed by atoms with Crippen molar-refractivity contribution in [2.45, 2.75) is 13.8 Å². The molecule has 0 saturated carbocycles. The highest BCUT2D eigenvalue weighted by Crippen LogP contribution is 2.28. The summed E-state index contributed by atoms with van der Waals surface area (Å²) < 4.78 is 10.9. The van der Waals surface area contributed by atoms with Gasteiger partial charge in [-0.05, 0) is 44.2 Å². The van der Waals surface area contributed by atoms with Crippen molar-refractivity contribution in [3.63, 3.8) is 0 Å². The molecule has 0 fully saturated rings. The standard InChI is InChI=1S/C14H14O3/c1-3-16-12-6-5-11(9-15)13(8-12)14-7-4-10(2)17-14/h4-9H,3H2,1-2H3. The summed E-state index contributed by atoms with van der Waals surface area (Å²) in [6.07, 6.45) is 0.822. The summed E-state index contributed by atoms with van der Waals surface area (Å²) in [4.78, 5) is 11.0. The highest BCUT2D eigenvalue weighted by Gasteiger charge is 2.09. The molecule has 0 unspecified atom stereocenters. The molecule has 0 saturated heterocycles. The molecule has 88 valence electrons. The maximum Gasteiger partial charge on any atom is 0.150 e. The molecule has 0 bridgehead atoms. The first kappa shape index (κ1) is 11.5. The largest absolute Gasteiger partial charge is 0.494 e. The Balaban J connectivity index is 2.49. The van der Waals surface area contributed by atoms with Crippen molar-refractivity contribution in [2.24, 2.45) is 0 Å². The molecular formula is C14H14O3. The number of carbonyl (C=O) groups is 1. The van der Waals surface area contributed by atoms with Crippen LogP contribution < -0.4 is 4.74 Å². The quantitative estimate of drug-likeness (QED) is 0.755. The van der Waals surface area contributed by atoms with E-state index in [2.05, 4.69) is 0 Å². The highest BCUT2D eigenvalue weighted by atomic mass is 16.5. The first-order valence-electron chi connectivity index (χ1n) is 5.53. The van der Waals surface area contributed by atoms with Crippen molar-refractivity contribution >= 4 is 6.29 Å². The van der Waals surface area contributed by atoms with Crippen LogP contribution in [0.3, 0.4) is 0 Å². The van der Waals surface area contributed by atoms with Gasteiger partial charge in [-0.25, -0.2) is 0 Å². The van der Waals surface area contributed by atoms with Crippen LogP contribution in [0.4, 0.5) is 0 Å². The van der Waals surface area contributed by atoms with Crippen LogP contribution in [-0.2, 0) is 0 Å². The molecule has 0 aliphatic heterocycles. The van der Waals surface area contributed by atoms with E-state index in [1.54, 1.807) is 12.1 Å². The second-order valence-corrected chi connectivity index (χ2v) is 3.71. The van der Waals surface area contributed by atoms with Crippen molar-refractivity contribution in [3.8, 4) is 17.1 Å². The van der Waals surface area contributed by atoms with E-state index < -0.39 is 0 Å². The fraction of sp³-hybridized carbons (Fsp3) is 0.214. The fourth-order valence-corrected chi connectivity index (χ4v) is 1.69. The number of aryl methyl sites for hydroxylation is 1. The average molecular weight is 230 g/mol. The van der Waals surface area contributed by atoms with E-state index in [9.17, 15) is 4.79 Å². The molecule has 17 heavy (non-hydrogen) atoms. The first-order chi connectivity index (χ1) is 8.24. The Morgan fingerprint density at radius 1 is 1.29 bits per heavy atom. The van der Waals surface area contributed by atoms with Crippen LogP contribution in [0.25, 0.3) is 11.3 Å². The summed E-state index contributed by atoms with van der Waals surface area (Å²) >= 11 is 0. The monoisotopic (exact) mass is 230 g/mol. The molecule has 2 aromatic rings. The Morgan fingerprint density at radius 2 is 2.12 bits per heavy atom. The molecule has 0 N–H and O–H groups in total. The van der Waals surface area contributed by atoms with E-state index in [0.29, 0.717) is 17.9 Å². The molecule has 0 aliphatic rings. The number of hydrogen-bond acceptors (Lipinski definition) is 3. The second kappa shape index (κ2) is 4.87. The van der Waals surface area contributed by atoms with Crippen LogP contribution >= 0.6 is 0 Å². The van der Waals surface area contributed by atoms with Gasteiger partial charge in [0.2, 0.25) is 0 Å². The predicted molar refractivity (Wildman–Crippen MR) is 65.4 cm³/mol. The number of rotatable bonds is 4. The van der Waals surface area contributed by atoms with Gasteiger partial charge >= 0.3 is 0 Å². The molecule has 0 atom stereocenters. The Labute approximate surface area is 100 Å². The summed E-state index contributed by atoms with van der Waals surface area (Å²) in [7, 11) is 0. The third-order valence-electron chi connectivity index (χ3n) is 2.47. The average Bonchev–Trinajstić information content (AvgIpc) is 2.76. The van der Waals surface area contributed by atoms with Gasteiger partial charge in [-0.2, -0.15) is 0 Å². The van der Waals surface area contributed by atoms with Crippen LogP contribution in [0.5, 0.6) is 5.75 Å². The highest BCUT2D eigenvalue weighted by molar-refractivity contribution is 5.86. The van der Waals surface area contributed by atoms with E-state index in [1.165, 1.54) is 0 Å². The van der Waals surface area contributed by atoms with Gasteiger partial charge in [0.1, 0.15) is 17.3 Å². The molecule has 1 heterocycles. The molecule has 3 nitrogen and oxygen atoms in total. The number of carbonyl (C=O) groups excluding carboxylic acids is 1. The predicted octanol–water partition coefficient (Wildman–Crippen LogP) is 3.47. The number of hydrogen-bond donors (Lipinski definition) is 0. The lowest BCUT2D eigenvalue weighted by Crippen LogP contribution is -1.93. The van der Waals surface area contributed by atoms with E-state index in [1.807, 2.05) is 32.0 Å². The summed E-state index contributed by atoms with van der Waals surface area (Å²) in [5, 5.41) is 0. The summed E-state index contributed by atoms with van der Waals surface area (Å²) in [5.74, 6) is 2.24. The van der Waals surface area contributed by atoms with Gasteiger partial charge in [-0.1, -0.05) is 0 Å². The normalized spacial score (nSPS) is 10.2.